The number of aromatic nitrogens is 1. The van der Waals surface area contributed by atoms with Crippen molar-refractivity contribution in [2.24, 2.45) is 0 Å². The van der Waals surface area contributed by atoms with Gasteiger partial charge in [0, 0.05) is 6.54 Å². The topological polar surface area (TPSA) is 24.9 Å². The first-order chi connectivity index (χ1) is 7.79. The molecule has 0 unspecified atom stereocenters. The molecule has 86 valence electrons. The largest absolute Gasteiger partial charge is 0.361 e. The Labute approximate surface area is 102 Å². The van der Waals surface area contributed by atoms with Crippen LogP contribution in [0.5, 0.6) is 0 Å². The molecule has 2 rings (SSSR count). The molecular weight excluding hydrogens is 243 g/mol. The Bertz CT molecular complexity index is 470. The number of halogens is 1. The van der Waals surface area contributed by atoms with E-state index in [1.54, 1.807) is 6.07 Å². The van der Waals surface area contributed by atoms with Crippen molar-refractivity contribution in [2.45, 2.75) is 6.42 Å². The molecule has 0 spiro atoms. The molecule has 5 heteroatoms. The Kier molecular flexibility index (Phi) is 4.01. The fourth-order valence-corrected chi connectivity index (χ4v) is 2.74. The Balaban J connectivity index is 2.02. The highest BCUT2D eigenvalue weighted by Gasteiger charge is 2.03. The molecule has 1 aromatic carbocycles. The number of hydrogen-bond donors (Lipinski definition) is 1. The van der Waals surface area contributed by atoms with E-state index in [1.807, 2.05) is 11.8 Å². The van der Waals surface area contributed by atoms with Crippen LogP contribution in [0.15, 0.2) is 18.2 Å². The van der Waals surface area contributed by atoms with Crippen LogP contribution in [-0.4, -0.2) is 23.5 Å². The van der Waals surface area contributed by atoms with Gasteiger partial charge in [-0.3, -0.25) is 0 Å². The fourth-order valence-electron chi connectivity index (χ4n) is 1.39. The maximum absolute atomic E-state index is 13.0. The summed E-state index contributed by atoms with van der Waals surface area (Å²) in [5, 5.41) is 4.14. The molecule has 0 radical (unpaired) electrons. The molecule has 0 aliphatic rings. The third kappa shape index (κ3) is 2.86. The average molecular weight is 256 g/mol. The summed E-state index contributed by atoms with van der Waals surface area (Å²) in [6, 6.07) is 4.69. The summed E-state index contributed by atoms with van der Waals surface area (Å²) in [5.74, 6) is 0.942. The lowest BCUT2D eigenvalue weighted by Crippen LogP contribution is -2.01. The smallest absolute Gasteiger partial charge is 0.183 e. The standard InChI is InChI=1S/C11H13FN2S2/c1-15-6-2-5-13-11-14-9-4-3-8(12)7-10(9)16-11/h3-4,7H,2,5-6H2,1H3,(H,13,14). The third-order valence-corrected chi connectivity index (χ3v) is 3.82. The Morgan fingerprint density at radius 1 is 1.50 bits per heavy atom. The highest BCUT2D eigenvalue weighted by molar-refractivity contribution is 7.98. The zero-order chi connectivity index (χ0) is 11.4. The van der Waals surface area contributed by atoms with Crippen LogP contribution >= 0.6 is 23.1 Å². The van der Waals surface area contributed by atoms with E-state index in [-0.39, 0.29) is 5.82 Å². The van der Waals surface area contributed by atoms with Crippen LogP contribution < -0.4 is 5.32 Å². The van der Waals surface area contributed by atoms with Gasteiger partial charge in [0.25, 0.3) is 0 Å². The van der Waals surface area contributed by atoms with Crippen molar-refractivity contribution in [1.82, 2.24) is 4.98 Å². The Morgan fingerprint density at radius 3 is 3.19 bits per heavy atom. The molecule has 1 aromatic heterocycles. The van der Waals surface area contributed by atoms with Crippen molar-refractivity contribution < 1.29 is 4.39 Å². The SMILES string of the molecule is CSCCCNc1nc2ccc(F)cc2s1. The van der Waals surface area contributed by atoms with Gasteiger partial charge < -0.3 is 5.32 Å². The zero-order valence-corrected chi connectivity index (χ0v) is 10.6. The van der Waals surface area contributed by atoms with E-state index in [0.29, 0.717) is 0 Å². The van der Waals surface area contributed by atoms with Crippen molar-refractivity contribution in [1.29, 1.82) is 0 Å². The van der Waals surface area contributed by atoms with E-state index in [1.165, 1.54) is 23.5 Å². The van der Waals surface area contributed by atoms with E-state index in [9.17, 15) is 4.39 Å². The summed E-state index contributed by atoms with van der Waals surface area (Å²) >= 11 is 3.34. The Hall–Kier alpha value is -0.810. The molecule has 0 fully saturated rings. The molecule has 1 N–H and O–H groups in total. The molecule has 1 heterocycles. The first-order valence-corrected chi connectivity index (χ1v) is 7.29. The van der Waals surface area contributed by atoms with Crippen LogP contribution in [0.4, 0.5) is 9.52 Å². The molecule has 0 saturated carbocycles. The van der Waals surface area contributed by atoms with Gasteiger partial charge in [0.05, 0.1) is 10.2 Å². The lowest BCUT2D eigenvalue weighted by atomic mass is 10.3. The number of hydrogen-bond acceptors (Lipinski definition) is 4. The minimum atomic E-state index is -0.204. The third-order valence-electron chi connectivity index (χ3n) is 2.15. The van der Waals surface area contributed by atoms with E-state index >= 15 is 0 Å². The average Bonchev–Trinajstić information content (AvgIpc) is 2.66. The van der Waals surface area contributed by atoms with E-state index in [0.717, 1.165) is 34.1 Å². The fraction of sp³-hybridized carbons (Fsp3) is 0.364. The van der Waals surface area contributed by atoms with E-state index in [4.69, 9.17) is 0 Å². The van der Waals surface area contributed by atoms with Crippen LogP contribution in [0.1, 0.15) is 6.42 Å². The zero-order valence-electron chi connectivity index (χ0n) is 9.00. The second-order valence-electron chi connectivity index (χ2n) is 3.40. The predicted molar refractivity (Wildman–Crippen MR) is 71.1 cm³/mol. The van der Waals surface area contributed by atoms with Gasteiger partial charge in [-0.05, 0) is 36.6 Å². The van der Waals surface area contributed by atoms with Crippen molar-refractivity contribution >= 4 is 38.4 Å². The summed E-state index contributed by atoms with van der Waals surface area (Å²) in [7, 11) is 0. The second kappa shape index (κ2) is 5.50. The number of benzene rings is 1. The molecular formula is C11H13FN2S2. The molecule has 16 heavy (non-hydrogen) atoms. The van der Waals surface area contributed by atoms with Gasteiger partial charge in [0.1, 0.15) is 5.82 Å². The second-order valence-corrected chi connectivity index (χ2v) is 5.42. The first-order valence-electron chi connectivity index (χ1n) is 5.08. The van der Waals surface area contributed by atoms with Crippen molar-refractivity contribution in [3.63, 3.8) is 0 Å². The van der Waals surface area contributed by atoms with Gasteiger partial charge in [-0.15, -0.1) is 0 Å². The van der Waals surface area contributed by atoms with Crippen LogP contribution in [-0.2, 0) is 0 Å². The normalized spacial score (nSPS) is 10.9. The summed E-state index contributed by atoms with van der Waals surface area (Å²) in [6.07, 6.45) is 3.21. The van der Waals surface area contributed by atoms with Crippen LogP contribution in [0.3, 0.4) is 0 Å². The number of anilines is 1. The molecule has 0 aliphatic heterocycles. The number of fused-ring (bicyclic) bond motifs is 1. The van der Waals surface area contributed by atoms with Gasteiger partial charge in [0.2, 0.25) is 0 Å². The molecule has 0 atom stereocenters. The van der Waals surface area contributed by atoms with Gasteiger partial charge in [-0.2, -0.15) is 11.8 Å². The molecule has 2 aromatic rings. The predicted octanol–water partition coefficient (Wildman–Crippen LogP) is 3.60. The minimum absolute atomic E-state index is 0.204. The van der Waals surface area contributed by atoms with Crippen molar-refractivity contribution in [3.8, 4) is 0 Å². The lowest BCUT2D eigenvalue weighted by Gasteiger charge is -1.99. The maximum Gasteiger partial charge on any atom is 0.183 e. The number of thiazole rings is 1. The summed E-state index contributed by atoms with van der Waals surface area (Å²) in [6.45, 7) is 0.920. The van der Waals surface area contributed by atoms with Crippen LogP contribution in [0.25, 0.3) is 10.2 Å². The summed E-state index contributed by atoms with van der Waals surface area (Å²) in [4.78, 5) is 4.39. The summed E-state index contributed by atoms with van der Waals surface area (Å²) in [5.41, 5.74) is 0.860. The van der Waals surface area contributed by atoms with E-state index in [2.05, 4.69) is 16.6 Å². The summed E-state index contributed by atoms with van der Waals surface area (Å²) < 4.78 is 13.8. The number of rotatable bonds is 5. The van der Waals surface area contributed by atoms with Gasteiger partial charge in [-0.1, -0.05) is 11.3 Å². The molecule has 2 nitrogen and oxygen atoms in total. The monoisotopic (exact) mass is 256 g/mol. The molecule has 0 aliphatic carbocycles. The number of nitrogens with one attached hydrogen (secondary N) is 1. The molecule has 0 amide bonds. The highest BCUT2D eigenvalue weighted by atomic mass is 32.2. The van der Waals surface area contributed by atoms with Crippen molar-refractivity contribution in [2.75, 3.05) is 23.9 Å². The van der Waals surface area contributed by atoms with Crippen molar-refractivity contribution in [3.05, 3.63) is 24.0 Å². The van der Waals surface area contributed by atoms with Gasteiger partial charge in [0.15, 0.2) is 5.13 Å². The van der Waals surface area contributed by atoms with Gasteiger partial charge >= 0.3 is 0 Å². The van der Waals surface area contributed by atoms with Crippen LogP contribution in [0.2, 0.25) is 0 Å². The highest BCUT2D eigenvalue weighted by Crippen LogP contribution is 2.26. The quantitative estimate of drug-likeness (QED) is 0.827. The van der Waals surface area contributed by atoms with Crippen LogP contribution in [0, 0.1) is 5.82 Å². The first kappa shape index (κ1) is 11.7. The lowest BCUT2D eigenvalue weighted by molar-refractivity contribution is 0.630. The maximum atomic E-state index is 13.0. The van der Waals surface area contributed by atoms with E-state index < -0.39 is 0 Å². The molecule has 0 bridgehead atoms. The minimum Gasteiger partial charge on any atom is -0.361 e. The molecule has 0 saturated heterocycles. The number of nitrogens with zero attached hydrogens (tertiary/aromatic N) is 1. The van der Waals surface area contributed by atoms with Gasteiger partial charge in [-0.25, -0.2) is 9.37 Å². The number of thioether (sulfide) groups is 1. The Morgan fingerprint density at radius 2 is 2.38 bits per heavy atom.